The highest BCUT2D eigenvalue weighted by atomic mass is 19.4. The van der Waals surface area contributed by atoms with Crippen molar-refractivity contribution in [2.45, 2.75) is 39.4 Å². The van der Waals surface area contributed by atoms with Gasteiger partial charge in [-0.15, -0.1) is 0 Å². The van der Waals surface area contributed by atoms with Crippen molar-refractivity contribution in [3.8, 4) is 6.07 Å². The average molecular weight is 408 g/mol. The quantitative estimate of drug-likeness (QED) is 0.553. The molecule has 2 atom stereocenters. The highest BCUT2D eigenvalue weighted by molar-refractivity contribution is 5.98. The van der Waals surface area contributed by atoms with E-state index in [0.29, 0.717) is 35.4 Å². The van der Waals surface area contributed by atoms with Crippen molar-refractivity contribution in [3.63, 3.8) is 0 Å². The zero-order valence-corrected chi connectivity index (χ0v) is 16.9. The second kappa shape index (κ2) is 8.19. The van der Waals surface area contributed by atoms with Crippen LogP contribution in [0.2, 0.25) is 0 Å². The number of nitrogen functional groups attached to an aromatic ring is 1. The van der Waals surface area contributed by atoms with Gasteiger partial charge in [0.1, 0.15) is 5.82 Å². The summed E-state index contributed by atoms with van der Waals surface area (Å²) in [5, 5.41) is 15.3. The van der Waals surface area contributed by atoms with Gasteiger partial charge in [0.2, 0.25) is 0 Å². The van der Waals surface area contributed by atoms with E-state index in [1.165, 1.54) is 6.20 Å². The van der Waals surface area contributed by atoms with Crippen molar-refractivity contribution in [1.29, 1.82) is 5.26 Å². The van der Waals surface area contributed by atoms with Crippen LogP contribution in [0.1, 0.15) is 38.3 Å². The smallest absolute Gasteiger partial charge is 0.383 e. The van der Waals surface area contributed by atoms with Gasteiger partial charge in [-0.25, -0.2) is 4.98 Å². The number of fused-ring (bicyclic) bond motifs is 1. The van der Waals surface area contributed by atoms with Crippen molar-refractivity contribution in [2.75, 3.05) is 31.9 Å². The Kier molecular flexibility index (Phi) is 6.03. The number of nitrogens with two attached hydrogens (primary N) is 1. The third-order valence-corrected chi connectivity index (χ3v) is 5.90. The van der Waals surface area contributed by atoms with Gasteiger partial charge in [0, 0.05) is 50.4 Å². The Balaban J connectivity index is 1.67. The normalized spacial score (nSPS) is 24.5. The van der Waals surface area contributed by atoms with Gasteiger partial charge < -0.3 is 10.6 Å². The van der Waals surface area contributed by atoms with Gasteiger partial charge in [0.25, 0.3) is 0 Å². The maximum atomic E-state index is 13.1. The molecule has 1 aromatic heterocycles. The van der Waals surface area contributed by atoms with E-state index < -0.39 is 17.6 Å². The second-order valence-corrected chi connectivity index (χ2v) is 8.22. The number of anilines is 1. The van der Waals surface area contributed by atoms with E-state index in [1.54, 1.807) is 6.92 Å². The van der Waals surface area contributed by atoms with Crippen LogP contribution in [0.15, 0.2) is 17.4 Å². The largest absolute Gasteiger partial charge is 0.419 e. The molecular formula is C20H27F3N6. The van der Waals surface area contributed by atoms with Gasteiger partial charge in [-0.05, 0) is 44.6 Å². The number of alkyl halides is 3. The minimum Gasteiger partial charge on any atom is -0.383 e. The first-order valence-electron chi connectivity index (χ1n) is 9.86. The fourth-order valence-corrected chi connectivity index (χ4v) is 4.13. The van der Waals surface area contributed by atoms with E-state index in [9.17, 15) is 13.2 Å². The SMILES string of the molecule is CC(=NN(CC1C2CN(CCC#N)CC21)C(C)C)c1cnc(N)c(C(F)(F)F)c1. The van der Waals surface area contributed by atoms with Crippen molar-refractivity contribution < 1.29 is 13.2 Å². The predicted octanol–water partition coefficient (Wildman–Crippen LogP) is 3.21. The van der Waals surface area contributed by atoms with Crippen LogP contribution in [0.4, 0.5) is 19.0 Å². The van der Waals surface area contributed by atoms with Crippen molar-refractivity contribution >= 4 is 11.5 Å². The lowest BCUT2D eigenvalue weighted by molar-refractivity contribution is -0.137. The lowest BCUT2D eigenvalue weighted by Gasteiger charge is -2.26. The summed E-state index contributed by atoms with van der Waals surface area (Å²) in [5.41, 5.74) is 5.25. The monoisotopic (exact) mass is 408 g/mol. The lowest BCUT2D eigenvalue weighted by Crippen LogP contribution is -2.32. The van der Waals surface area contributed by atoms with Crippen LogP contribution in [0.25, 0.3) is 0 Å². The molecule has 1 aliphatic carbocycles. The van der Waals surface area contributed by atoms with Crippen molar-refractivity contribution in [1.82, 2.24) is 14.9 Å². The van der Waals surface area contributed by atoms with Crippen LogP contribution in [0.5, 0.6) is 0 Å². The van der Waals surface area contributed by atoms with Crippen LogP contribution in [0, 0.1) is 29.1 Å². The molecule has 0 amide bonds. The Bertz CT molecular complexity index is 801. The number of likely N-dealkylation sites (tertiary alicyclic amines) is 1. The molecule has 2 aliphatic rings. The lowest BCUT2D eigenvalue weighted by atomic mass is 10.1. The molecule has 1 aromatic rings. The van der Waals surface area contributed by atoms with Crippen molar-refractivity contribution in [2.24, 2.45) is 22.9 Å². The molecule has 158 valence electrons. The Labute approximate surface area is 169 Å². The van der Waals surface area contributed by atoms with Crippen LogP contribution >= 0.6 is 0 Å². The maximum Gasteiger partial charge on any atom is 0.419 e. The average Bonchev–Trinajstić information content (AvgIpc) is 3.08. The maximum absolute atomic E-state index is 13.1. The number of nitriles is 1. The Morgan fingerprint density at radius 2 is 2.07 bits per heavy atom. The zero-order chi connectivity index (χ0) is 21.3. The second-order valence-electron chi connectivity index (χ2n) is 8.22. The van der Waals surface area contributed by atoms with Gasteiger partial charge in [0.15, 0.2) is 0 Å². The third kappa shape index (κ3) is 4.81. The molecule has 1 saturated carbocycles. The number of hydrazone groups is 1. The van der Waals surface area contributed by atoms with E-state index >= 15 is 0 Å². The van der Waals surface area contributed by atoms with E-state index in [-0.39, 0.29) is 6.04 Å². The molecule has 0 spiro atoms. The predicted molar refractivity (Wildman–Crippen MR) is 105 cm³/mol. The van der Waals surface area contributed by atoms with Crippen LogP contribution in [-0.4, -0.2) is 52.8 Å². The van der Waals surface area contributed by atoms with Gasteiger partial charge in [-0.2, -0.15) is 23.5 Å². The summed E-state index contributed by atoms with van der Waals surface area (Å²) in [4.78, 5) is 6.04. The van der Waals surface area contributed by atoms with E-state index in [4.69, 9.17) is 11.0 Å². The first-order valence-corrected chi connectivity index (χ1v) is 9.86. The molecule has 6 nitrogen and oxygen atoms in total. The fraction of sp³-hybridized carbons (Fsp3) is 0.650. The van der Waals surface area contributed by atoms with Crippen LogP contribution < -0.4 is 5.73 Å². The summed E-state index contributed by atoms with van der Waals surface area (Å²) in [6.07, 6.45) is -2.66. The number of nitrogens with zero attached hydrogens (tertiary/aromatic N) is 5. The molecule has 2 fully saturated rings. The van der Waals surface area contributed by atoms with Gasteiger partial charge >= 0.3 is 6.18 Å². The molecule has 3 rings (SSSR count). The van der Waals surface area contributed by atoms with E-state index in [2.05, 4.69) is 21.1 Å². The molecule has 29 heavy (non-hydrogen) atoms. The number of pyridine rings is 1. The molecule has 1 aliphatic heterocycles. The summed E-state index contributed by atoms with van der Waals surface area (Å²) in [6.45, 7) is 9.39. The highest BCUT2D eigenvalue weighted by Gasteiger charge is 2.55. The number of hydrogen-bond donors (Lipinski definition) is 1. The number of hydrogen-bond acceptors (Lipinski definition) is 6. The molecule has 0 aromatic carbocycles. The van der Waals surface area contributed by atoms with E-state index in [0.717, 1.165) is 32.2 Å². The minimum absolute atomic E-state index is 0.129. The molecule has 2 unspecified atom stereocenters. The van der Waals surface area contributed by atoms with Gasteiger partial charge in [-0.1, -0.05) is 0 Å². The summed E-state index contributed by atoms with van der Waals surface area (Å²) in [7, 11) is 0. The molecule has 1 saturated heterocycles. The minimum atomic E-state index is -4.55. The van der Waals surface area contributed by atoms with Crippen molar-refractivity contribution in [3.05, 3.63) is 23.4 Å². The Hall–Kier alpha value is -2.34. The topological polar surface area (TPSA) is 81.5 Å². The Morgan fingerprint density at radius 3 is 2.62 bits per heavy atom. The number of rotatable bonds is 7. The third-order valence-electron chi connectivity index (χ3n) is 5.90. The number of aromatic nitrogens is 1. The molecule has 2 N–H and O–H groups in total. The fourth-order valence-electron chi connectivity index (χ4n) is 4.13. The first kappa shape index (κ1) is 21.4. The van der Waals surface area contributed by atoms with Gasteiger partial charge in [-0.3, -0.25) is 5.01 Å². The standard InChI is InChI=1S/C20H27F3N6/c1-12(2)29(11-17-15-9-28(6-4-5-24)10-16(15)17)27-13(3)14-7-18(20(21,22)23)19(25)26-8-14/h7-8,12,15-17H,4,6,9-11H2,1-3H3,(H2,25,26). The molecule has 2 heterocycles. The number of piperidine rings is 1. The van der Waals surface area contributed by atoms with Crippen LogP contribution in [0.3, 0.4) is 0 Å². The zero-order valence-electron chi connectivity index (χ0n) is 16.9. The van der Waals surface area contributed by atoms with E-state index in [1.807, 2.05) is 18.9 Å². The molecule has 9 heteroatoms. The summed E-state index contributed by atoms with van der Waals surface area (Å²) < 4.78 is 39.3. The molecule has 0 radical (unpaired) electrons. The summed E-state index contributed by atoms with van der Waals surface area (Å²) in [6, 6.07) is 3.33. The first-order chi connectivity index (χ1) is 13.6. The molecular weight excluding hydrogens is 381 g/mol. The molecule has 0 bridgehead atoms. The van der Waals surface area contributed by atoms with Crippen LogP contribution in [-0.2, 0) is 6.18 Å². The van der Waals surface area contributed by atoms with Gasteiger partial charge in [0.05, 0.1) is 17.3 Å². The summed E-state index contributed by atoms with van der Waals surface area (Å²) >= 11 is 0. The number of halogens is 3. The Morgan fingerprint density at radius 1 is 1.41 bits per heavy atom. The highest BCUT2D eigenvalue weighted by Crippen LogP contribution is 2.52. The summed E-state index contributed by atoms with van der Waals surface area (Å²) in [5.74, 6) is 1.27.